The lowest BCUT2D eigenvalue weighted by Crippen LogP contribution is -2.30. The maximum Gasteiger partial charge on any atom is 0.306 e. The van der Waals surface area contributed by atoms with Crippen molar-refractivity contribution >= 4 is 17.9 Å². The number of rotatable bonds is 63. The van der Waals surface area contributed by atoms with Gasteiger partial charge in [0.05, 0.1) is 0 Å². The summed E-state index contributed by atoms with van der Waals surface area (Å²) in [7, 11) is 0. The molecule has 6 nitrogen and oxygen atoms in total. The molecule has 0 aliphatic rings. The molecule has 0 aromatic carbocycles. The molecule has 6 heteroatoms. The number of allylic oxidation sites excluding steroid dienone is 6. The van der Waals surface area contributed by atoms with Crippen molar-refractivity contribution in [1.29, 1.82) is 0 Å². The lowest BCUT2D eigenvalue weighted by atomic mass is 10.0. The van der Waals surface area contributed by atoms with Crippen LogP contribution in [0.3, 0.4) is 0 Å². The van der Waals surface area contributed by atoms with Gasteiger partial charge in [-0.2, -0.15) is 0 Å². The van der Waals surface area contributed by atoms with E-state index in [1.54, 1.807) is 0 Å². The molecule has 0 N–H and O–H groups in total. The Morgan fingerprint density at radius 3 is 0.789 bits per heavy atom. The minimum absolute atomic E-state index is 0.0714. The molecule has 0 saturated heterocycles. The predicted molar refractivity (Wildman–Crippen MR) is 330 cm³/mol. The summed E-state index contributed by atoms with van der Waals surface area (Å²) in [6, 6.07) is 0. The van der Waals surface area contributed by atoms with Crippen LogP contribution in [0.1, 0.15) is 374 Å². The maximum atomic E-state index is 12.9. The van der Waals surface area contributed by atoms with Crippen LogP contribution in [-0.4, -0.2) is 37.2 Å². The summed E-state index contributed by atoms with van der Waals surface area (Å²) in [4.78, 5) is 38.3. The Morgan fingerprint density at radius 1 is 0.263 bits per heavy atom. The van der Waals surface area contributed by atoms with Crippen molar-refractivity contribution in [2.24, 2.45) is 0 Å². The van der Waals surface area contributed by atoms with Crippen LogP contribution in [-0.2, 0) is 28.6 Å². The second-order valence-corrected chi connectivity index (χ2v) is 23.1. The summed E-state index contributed by atoms with van der Waals surface area (Å²) in [5, 5.41) is 0. The van der Waals surface area contributed by atoms with Crippen LogP contribution in [0, 0.1) is 0 Å². The fourth-order valence-corrected chi connectivity index (χ4v) is 10.2. The Hall–Kier alpha value is -2.37. The molecule has 0 fully saturated rings. The van der Waals surface area contributed by atoms with E-state index in [1.165, 1.54) is 250 Å². The van der Waals surface area contributed by atoms with Gasteiger partial charge in [-0.1, -0.05) is 320 Å². The van der Waals surface area contributed by atoms with Crippen molar-refractivity contribution in [3.8, 4) is 0 Å². The lowest BCUT2D eigenvalue weighted by molar-refractivity contribution is -0.167. The Kier molecular flexibility index (Phi) is 63.1. The van der Waals surface area contributed by atoms with E-state index in [9.17, 15) is 14.4 Å². The fourth-order valence-electron chi connectivity index (χ4n) is 10.2. The minimum Gasteiger partial charge on any atom is -0.462 e. The van der Waals surface area contributed by atoms with E-state index in [0.29, 0.717) is 19.3 Å². The summed E-state index contributed by atoms with van der Waals surface area (Å²) < 4.78 is 16.9. The molecule has 1 atom stereocenters. The van der Waals surface area contributed by atoms with Crippen LogP contribution in [0.15, 0.2) is 36.5 Å². The van der Waals surface area contributed by atoms with Crippen molar-refractivity contribution in [3.05, 3.63) is 36.5 Å². The third-order valence-electron chi connectivity index (χ3n) is 15.3. The average molecular weight is 1070 g/mol. The second kappa shape index (κ2) is 65.2. The van der Waals surface area contributed by atoms with Crippen molar-refractivity contribution in [1.82, 2.24) is 0 Å². The highest BCUT2D eigenvalue weighted by Crippen LogP contribution is 2.18. The molecule has 0 aliphatic heterocycles. The van der Waals surface area contributed by atoms with Gasteiger partial charge in [0, 0.05) is 19.3 Å². The molecule has 0 saturated carbocycles. The van der Waals surface area contributed by atoms with Crippen molar-refractivity contribution in [2.45, 2.75) is 380 Å². The zero-order valence-corrected chi connectivity index (χ0v) is 51.3. The summed E-state index contributed by atoms with van der Waals surface area (Å²) in [5.41, 5.74) is 0. The average Bonchev–Trinajstić information content (AvgIpc) is 3.42. The monoisotopic (exact) mass is 1070 g/mol. The highest BCUT2D eigenvalue weighted by atomic mass is 16.6. The maximum absolute atomic E-state index is 12.9. The van der Waals surface area contributed by atoms with E-state index < -0.39 is 6.10 Å². The molecule has 0 rings (SSSR count). The first-order chi connectivity index (χ1) is 37.5. The molecule has 0 spiro atoms. The number of unbranched alkanes of at least 4 members (excludes halogenated alkanes) is 46. The molecule has 76 heavy (non-hydrogen) atoms. The van der Waals surface area contributed by atoms with Crippen LogP contribution < -0.4 is 0 Å². The first-order valence-corrected chi connectivity index (χ1v) is 34.0. The van der Waals surface area contributed by atoms with E-state index in [2.05, 4.69) is 57.2 Å². The zero-order valence-electron chi connectivity index (χ0n) is 51.3. The molecule has 0 aliphatic carbocycles. The van der Waals surface area contributed by atoms with E-state index >= 15 is 0 Å². The van der Waals surface area contributed by atoms with Gasteiger partial charge in [0.15, 0.2) is 6.10 Å². The van der Waals surface area contributed by atoms with Crippen molar-refractivity contribution in [3.63, 3.8) is 0 Å². The SMILES string of the molecule is CCC/C=C\C/C=C\CCCCCCCC(=O)OCC(COC(=O)CCCCCCCCCCCCCCCCCCC/C=C\CCCCCCCCCC)OC(=O)CCCCCCCCCCCCCCCCCC. The molecule has 0 radical (unpaired) electrons. The van der Waals surface area contributed by atoms with Gasteiger partial charge in [-0.25, -0.2) is 0 Å². The van der Waals surface area contributed by atoms with Gasteiger partial charge >= 0.3 is 17.9 Å². The van der Waals surface area contributed by atoms with Gasteiger partial charge in [0.25, 0.3) is 0 Å². The lowest BCUT2D eigenvalue weighted by Gasteiger charge is -2.18. The standard InChI is InChI=1S/C70H130O6/c1-4-7-10-13-16-19-22-25-27-29-30-31-32-33-34-35-36-37-38-39-40-41-43-45-48-51-54-57-60-63-69(72)75-66-67(65-74-68(71)62-59-56-53-50-47-44-24-21-18-15-12-9-6-3)76-70(73)64-61-58-55-52-49-46-42-28-26-23-20-17-14-11-8-5-2/h12,15,21,24,29-30,67H,4-11,13-14,16-20,22-23,25-28,31-66H2,1-3H3/b15-12-,24-21-,30-29-. The third kappa shape index (κ3) is 62.5. The summed E-state index contributed by atoms with van der Waals surface area (Å²) >= 11 is 0. The smallest absolute Gasteiger partial charge is 0.306 e. The normalized spacial score (nSPS) is 12.2. The molecule has 446 valence electrons. The first-order valence-electron chi connectivity index (χ1n) is 34.0. The van der Waals surface area contributed by atoms with Crippen LogP contribution in [0.25, 0.3) is 0 Å². The molecular weight excluding hydrogens is 937 g/mol. The number of ether oxygens (including phenoxy) is 3. The van der Waals surface area contributed by atoms with E-state index in [4.69, 9.17) is 14.2 Å². The summed E-state index contributed by atoms with van der Waals surface area (Å²) in [6.45, 7) is 6.63. The number of hydrogen-bond donors (Lipinski definition) is 0. The quantitative estimate of drug-likeness (QED) is 0.0261. The molecular formula is C70H130O6. The number of hydrogen-bond acceptors (Lipinski definition) is 6. The van der Waals surface area contributed by atoms with Crippen molar-refractivity contribution in [2.75, 3.05) is 13.2 Å². The number of carbonyl (C=O) groups excluding carboxylic acids is 3. The van der Waals surface area contributed by atoms with Gasteiger partial charge in [0.1, 0.15) is 13.2 Å². The molecule has 0 aromatic heterocycles. The highest BCUT2D eigenvalue weighted by Gasteiger charge is 2.19. The van der Waals surface area contributed by atoms with Gasteiger partial charge in [-0.3, -0.25) is 14.4 Å². The van der Waals surface area contributed by atoms with Crippen molar-refractivity contribution < 1.29 is 28.6 Å². The Labute approximate surface area is 474 Å². The predicted octanol–water partition coefficient (Wildman–Crippen LogP) is 23.2. The van der Waals surface area contributed by atoms with Crippen LogP contribution in [0.2, 0.25) is 0 Å². The number of carbonyl (C=O) groups is 3. The largest absolute Gasteiger partial charge is 0.462 e. The van der Waals surface area contributed by atoms with Crippen LogP contribution >= 0.6 is 0 Å². The van der Waals surface area contributed by atoms with E-state index in [0.717, 1.165) is 83.5 Å². The Balaban J connectivity index is 4.16. The zero-order chi connectivity index (χ0) is 55.0. The van der Waals surface area contributed by atoms with Gasteiger partial charge in [-0.15, -0.1) is 0 Å². The van der Waals surface area contributed by atoms with Crippen LogP contribution in [0.5, 0.6) is 0 Å². The van der Waals surface area contributed by atoms with E-state index in [1.807, 2.05) is 0 Å². The fraction of sp³-hybridized carbons (Fsp3) is 0.871. The first kappa shape index (κ1) is 73.6. The molecule has 0 bridgehead atoms. The molecule has 0 heterocycles. The molecule has 1 unspecified atom stereocenters. The van der Waals surface area contributed by atoms with Crippen LogP contribution in [0.4, 0.5) is 0 Å². The topological polar surface area (TPSA) is 78.9 Å². The summed E-state index contributed by atoms with van der Waals surface area (Å²) in [6.07, 6.45) is 80.3. The minimum atomic E-state index is -0.775. The number of esters is 3. The third-order valence-corrected chi connectivity index (χ3v) is 15.3. The Morgan fingerprint density at radius 2 is 0.500 bits per heavy atom. The highest BCUT2D eigenvalue weighted by molar-refractivity contribution is 5.71. The molecule has 0 amide bonds. The Bertz CT molecular complexity index is 1270. The van der Waals surface area contributed by atoms with Gasteiger partial charge in [0.2, 0.25) is 0 Å². The van der Waals surface area contributed by atoms with Gasteiger partial charge < -0.3 is 14.2 Å². The van der Waals surface area contributed by atoms with E-state index in [-0.39, 0.29) is 31.1 Å². The summed E-state index contributed by atoms with van der Waals surface area (Å²) in [5.74, 6) is -0.861. The second-order valence-electron chi connectivity index (χ2n) is 23.1. The van der Waals surface area contributed by atoms with Gasteiger partial charge in [-0.05, 0) is 70.6 Å². The molecule has 0 aromatic rings.